The van der Waals surface area contributed by atoms with E-state index >= 15 is 0 Å². The van der Waals surface area contributed by atoms with Crippen LogP contribution in [0, 0.1) is 0 Å². The number of amides is 1. The van der Waals surface area contributed by atoms with E-state index < -0.39 is 11.7 Å². The molecule has 29 heavy (non-hydrogen) atoms. The largest absolute Gasteiger partial charge is 0.508 e. The number of fused-ring (bicyclic) bond motifs is 1. The number of halogens is 1. The number of phenols is 1. The summed E-state index contributed by atoms with van der Waals surface area (Å²) in [5, 5.41) is 14.8. The predicted molar refractivity (Wildman–Crippen MR) is 113 cm³/mol. The fourth-order valence-electron chi connectivity index (χ4n) is 2.91. The van der Waals surface area contributed by atoms with E-state index in [1.807, 2.05) is 13.8 Å². The Labute approximate surface area is 174 Å². The SMILES string of the molecule is CC(C)c1cnc2c(N(Cc3ccccc3O)C(=O)OC(C)(C)C)cc(Cl)nn12. The van der Waals surface area contributed by atoms with Gasteiger partial charge in [-0.15, -0.1) is 0 Å². The highest BCUT2D eigenvalue weighted by Crippen LogP contribution is 2.30. The van der Waals surface area contributed by atoms with E-state index in [1.54, 1.807) is 61.8 Å². The molecule has 0 bridgehead atoms. The highest BCUT2D eigenvalue weighted by Gasteiger charge is 2.28. The van der Waals surface area contributed by atoms with Gasteiger partial charge in [-0.25, -0.2) is 14.3 Å². The van der Waals surface area contributed by atoms with Crippen molar-refractivity contribution in [2.24, 2.45) is 0 Å². The summed E-state index contributed by atoms with van der Waals surface area (Å²) in [6.45, 7) is 9.53. The highest BCUT2D eigenvalue weighted by atomic mass is 35.5. The molecule has 0 spiro atoms. The normalized spacial score (nSPS) is 11.8. The number of hydrogen-bond acceptors (Lipinski definition) is 5. The molecule has 2 heterocycles. The average Bonchev–Trinajstić information content (AvgIpc) is 3.02. The molecule has 3 rings (SSSR count). The first-order valence-electron chi connectivity index (χ1n) is 9.38. The number of nitrogens with zero attached hydrogens (tertiary/aromatic N) is 4. The van der Waals surface area contributed by atoms with Gasteiger partial charge >= 0.3 is 6.09 Å². The van der Waals surface area contributed by atoms with Gasteiger partial charge in [0.2, 0.25) is 0 Å². The first-order chi connectivity index (χ1) is 13.6. The van der Waals surface area contributed by atoms with Crippen LogP contribution in [-0.2, 0) is 11.3 Å². The smallest absolute Gasteiger partial charge is 0.415 e. The lowest BCUT2D eigenvalue weighted by molar-refractivity contribution is 0.0577. The number of anilines is 1. The molecule has 154 valence electrons. The number of ether oxygens (including phenoxy) is 1. The molecule has 3 aromatic rings. The summed E-state index contributed by atoms with van der Waals surface area (Å²) in [7, 11) is 0. The predicted octanol–water partition coefficient (Wildman–Crippen LogP) is 5.15. The number of carbonyl (C=O) groups is 1. The van der Waals surface area contributed by atoms with E-state index in [4.69, 9.17) is 16.3 Å². The second-order valence-corrected chi connectivity index (χ2v) is 8.51. The monoisotopic (exact) mass is 416 g/mol. The van der Waals surface area contributed by atoms with Gasteiger partial charge < -0.3 is 9.84 Å². The lowest BCUT2D eigenvalue weighted by atomic mass is 10.1. The van der Waals surface area contributed by atoms with Crippen molar-refractivity contribution in [3.05, 3.63) is 52.9 Å². The molecule has 0 radical (unpaired) electrons. The van der Waals surface area contributed by atoms with Gasteiger partial charge in [-0.2, -0.15) is 5.10 Å². The fraction of sp³-hybridized carbons (Fsp3) is 0.381. The summed E-state index contributed by atoms with van der Waals surface area (Å²) in [5.41, 5.74) is 1.68. The van der Waals surface area contributed by atoms with E-state index in [0.29, 0.717) is 16.9 Å². The van der Waals surface area contributed by atoms with Gasteiger partial charge in [0.1, 0.15) is 11.4 Å². The first-order valence-corrected chi connectivity index (χ1v) is 9.76. The van der Waals surface area contributed by atoms with E-state index in [1.165, 1.54) is 4.90 Å². The Kier molecular flexibility index (Phi) is 5.71. The Morgan fingerprint density at radius 3 is 2.62 bits per heavy atom. The number of hydrogen-bond donors (Lipinski definition) is 1. The van der Waals surface area contributed by atoms with Crippen molar-refractivity contribution in [1.29, 1.82) is 0 Å². The lowest BCUT2D eigenvalue weighted by Crippen LogP contribution is -2.37. The Hall–Kier alpha value is -2.80. The number of phenolic OH excluding ortho intramolecular Hbond substituents is 1. The van der Waals surface area contributed by atoms with Crippen LogP contribution in [0.3, 0.4) is 0 Å². The molecule has 0 aliphatic rings. The molecule has 1 aromatic carbocycles. The number of imidazole rings is 1. The van der Waals surface area contributed by atoms with Crippen LogP contribution in [0.25, 0.3) is 5.65 Å². The minimum Gasteiger partial charge on any atom is -0.508 e. The Morgan fingerprint density at radius 1 is 1.31 bits per heavy atom. The Bertz CT molecular complexity index is 1040. The maximum atomic E-state index is 13.1. The maximum absolute atomic E-state index is 13.1. The Balaban J connectivity index is 2.15. The first kappa shape index (κ1) is 20.9. The molecule has 2 aromatic heterocycles. The molecule has 0 saturated carbocycles. The third kappa shape index (κ3) is 4.62. The molecule has 0 aliphatic heterocycles. The fourth-order valence-corrected chi connectivity index (χ4v) is 3.09. The van der Waals surface area contributed by atoms with Crippen LogP contribution in [0.15, 0.2) is 36.5 Å². The third-order valence-electron chi connectivity index (χ3n) is 4.26. The standard InChI is InChI=1S/C21H25ClN4O3/c1-13(2)16-11-23-19-15(10-18(22)24-26(16)19)25(20(28)29-21(3,4)5)12-14-8-6-7-9-17(14)27/h6-11,13,27H,12H2,1-5H3. The van der Waals surface area contributed by atoms with Crippen LogP contribution in [0.5, 0.6) is 5.75 Å². The van der Waals surface area contributed by atoms with Gasteiger partial charge in [0.05, 0.1) is 24.1 Å². The van der Waals surface area contributed by atoms with Crippen molar-refractivity contribution in [2.75, 3.05) is 4.90 Å². The van der Waals surface area contributed by atoms with Crippen LogP contribution in [0.4, 0.5) is 10.5 Å². The van der Waals surface area contributed by atoms with E-state index in [0.717, 1.165) is 5.69 Å². The lowest BCUT2D eigenvalue weighted by Gasteiger charge is -2.28. The Morgan fingerprint density at radius 2 is 2.00 bits per heavy atom. The van der Waals surface area contributed by atoms with Gasteiger partial charge in [-0.05, 0) is 32.8 Å². The average molecular weight is 417 g/mol. The van der Waals surface area contributed by atoms with Crippen molar-refractivity contribution in [3.63, 3.8) is 0 Å². The van der Waals surface area contributed by atoms with Crippen molar-refractivity contribution in [3.8, 4) is 5.75 Å². The minimum absolute atomic E-state index is 0.0848. The van der Waals surface area contributed by atoms with Crippen molar-refractivity contribution in [2.45, 2.75) is 52.7 Å². The van der Waals surface area contributed by atoms with Gasteiger partial charge in [0, 0.05) is 11.6 Å². The molecule has 0 atom stereocenters. The second kappa shape index (κ2) is 7.91. The summed E-state index contributed by atoms with van der Waals surface area (Å²) < 4.78 is 7.26. The minimum atomic E-state index is -0.695. The number of aromatic nitrogens is 3. The zero-order valence-corrected chi connectivity index (χ0v) is 17.9. The van der Waals surface area contributed by atoms with Crippen molar-refractivity contribution in [1.82, 2.24) is 14.6 Å². The van der Waals surface area contributed by atoms with E-state index in [9.17, 15) is 9.90 Å². The number of carbonyl (C=O) groups excluding carboxylic acids is 1. The quantitative estimate of drug-likeness (QED) is 0.635. The molecule has 0 saturated heterocycles. The molecular formula is C21H25ClN4O3. The summed E-state index contributed by atoms with van der Waals surface area (Å²) in [6, 6.07) is 8.42. The van der Waals surface area contributed by atoms with Gasteiger partial charge in [0.15, 0.2) is 10.8 Å². The van der Waals surface area contributed by atoms with Gasteiger partial charge in [-0.3, -0.25) is 4.90 Å². The summed E-state index contributed by atoms with van der Waals surface area (Å²) in [4.78, 5) is 19.0. The van der Waals surface area contributed by atoms with E-state index in [-0.39, 0.29) is 23.4 Å². The molecule has 7 nitrogen and oxygen atoms in total. The number of para-hydroxylation sites is 1. The molecule has 0 unspecified atom stereocenters. The highest BCUT2D eigenvalue weighted by molar-refractivity contribution is 6.29. The molecular weight excluding hydrogens is 392 g/mol. The second-order valence-electron chi connectivity index (χ2n) is 8.12. The number of benzene rings is 1. The topological polar surface area (TPSA) is 80.0 Å². The zero-order valence-electron chi connectivity index (χ0n) is 17.2. The third-order valence-corrected chi connectivity index (χ3v) is 4.45. The zero-order chi connectivity index (χ0) is 21.3. The van der Waals surface area contributed by atoms with Crippen molar-refractivity contribution >= 4 is 29.0 Å². The maximum Gasteiger partial charge on any atom is 0.415 e. The van der Waals surface area contributed by atoms with Crippen LogP contribution < -0.4 is 4.90 Å². The summed E-state index contributed by atoms with van der Waals surface area (Å²) in [6.07, 6.45) is 1.15. The molecule has 0 fully saturated rings. The van der Waals surface area contributed by atoms with Crippen LogP contribution in [-0.4, -0.2) is 31.4 Å². The van der Waals surface area contributed by atoms with Gasteiger partial charge in [-0.1, -0.05) is 43.6 Å². The molecule has 1 N–H and O–H groups in total. The van der Waals surface area contributed by atoms with Crippen LogP contribution in [0.1, 0.15) is 51.8 Å². The number of rotatable bonds is 4. The molecule has 0 aliphatic carbocycles. The summed E-state index contributed by atoms with van der Waals surface area (Å²) >= 11 is 6.29. The van der Waals surface area contributed by atoms with Crippen molar-refractivity contribution < 1.29 is 14.6 Å². The van der Waals surface area contributed by atoms with Crippen LogP contribution in [0.2, 0.25) is 5.15 Å². The number of aromatic hydroxyl groups is 1. The van der Waals surface area contributed by atoms with Gasteiger partial charge in [0.25, 0.3) is 0 Å². The van der Waals surface area contributed by atoms with E-state index in [2.05, 4.69) is 10.1 Å². The molecule has 8 heteroatoms. The molecule has 1 amide bonds. The summed E-state index contributed by atoms with van der Waals surface area (Å²) in [5.74, 6) is 0.250. The van der Waals surface area contributed by atoms with Crippen LogP contribution >= 0.6 is 11.6 Å².